The van der Waals surface area contributed by atoms with Crippen LogP contribution in [0.4, 0.5) is 5.69 Å². The standard InChI is InChI=1S/C15H20Cl2N4O2/c1-10(19-20-15(23)9-21(2,3)4)7-14(22)18-11-5-6-12(16)13(17)8-11/h5-6,8H,7,9H2,1-4H3,(H-,18,20,22,23)/p+1. The second-order valence-electron chi connectivity index (χ2n) is 6.18. The first-order valence-corrected chi connectivity index (χ1v) is 7.70. The van der Waals surface area contributed by atoms with Crippen LogP contribution in [0, 0.1) is 0 Å². The van der Waals surface area contributed by atoms with Crippen molar-refractivity contribution in [3.63, 3.8) is 0 Å². The molecule has 126 valence electrons. The number of likely N-dealkylation sites (N-methyl/N-ethyl adjacent to an activating group) is 1. The third-order valence-corrected chi connectivity index (χ3v) is 3.35. The van der Waals surface area contributed by atoms with Gasteiger partial charge >= 0.3 is 0 Å². The molecule has 0 bridgehead atoms. The van der Waals surface area contributed by atoms with Gasteiger partial charge in [0.1, 0.15) is 0 Å². The predicted molar refractivity (Wildman–Crippen MR) is 93.9 cm³/mol. The van der Waals surface area contributed by atoms with Crippen LogP contribution in [0.5, 0.6) is 0 Å². The number of nitrogens with zero attached hydrogens (tertiary/aromatic N) is 2. The molecule has 0 aromatic heterocycles. The Hall–Kier alpha value is -1.63. The van der Waals surface area contributed by atoms with E-state index in [0.29, 0.717) is 32.5 Å². The Morgan fingerprint density at radius 1 is 1.13 bits per heavy atom. The number of nitrogens with one attached hydrogen (secondary N) is 2. The van der Waals surface area contributed by atoms with Crippen LogP contribution in [-0.2, 0) is 9.59 Å². The third-order valence-electron chi connectivity index (χ3n) is 2.61. The van der Waals surface area contributed by atoms with Gasteiger partial charge in [0.15, 0.2) is 6.54 Å². The van der Waals surface area contributed by atoms with E-state index in [2.05, 4.69) is 15.8 Å². The number of quaternary nitrogens is 1. The molecule has 0 saturated carbocycles. The first-order valence-electron chi connectivity index (χ1n) is 6.94. The predicted octanol–water partition coefficient (Wildman–Crippen LogP) is 2.52. The van der Waals surface area contributed by atoms with Crippen LogP contribution < -0.4 is 10.7 Å². The Morgan fingerprint density at radius 3 is 2.35 bits per heavy atom. The molecule has 1 aromatic carbocycles. The number of carbonyl (C=O) groups excluding carboxylic acids is 2. The fourth-order valence-electron chi connectivity index (χ4n) is 1.67. The van der Waals surface area contributed by atoms with Crippen molar-refractivity contribution in [3.05, 3.63) is 28.2 Å². The average Bonchev–Trinajstić information content (AvgIpc) is 2.38. The summed E-state index contributed by atoms with van der Waals surface area (Å²) in [4.78, 5) is 23.6. The molecule has 0 radical (unpaired) electrons. The molecule has 0 aliphatic rings. The minimum atomic E-state index is -0.259. The van der Waals surface area contributed by atoms with Gasteiger partial charge in [-0.1, -0.05) is 23.2 Å². The highest BCUT2D eigenvalue weighted by Gasteiger charge is 2.13. The summed E-state index contributed by atoms with van der Waals surface area (Å²) in [6.45, 7) is 1.97. The lowest BCUT2D eigenvalue weighted by atomic mass is 10.2. The van der Waals surface area contributed by atoms with Gasteiger partial charge in [-0.3, -0.25) is 9.59 Å². The van der Waals surface area contributed by atoms with E-state index in [-0.39, 0.29) is 18.2 Å². The lowest BCUT2D eigenvalue weighted by Crippen LogP contribution is -2.43. The van der Waals surface area contributed by atoms with Crippen molar-refractivity contribution < 1.29 is 14.1 Å². The quantitative estimate of drug-likeness (QED) is 0.465. The molecule has 2 N–H and O–H groups in total. The lowest BCUT2D eigenvalue weighted by molar-refractivity contribution is -0.862. The molecule has 8 heteroatoms. The first kappa shape index (κ1) is 19.4. The van der Waals surface area contributed by atoms with Crippen molar-refractivity contribution >= 4 is 46.4 Å². The Balaban J connectivity index is 2.51. The highest BCUT2D eigenvalue weighted by molar-refractivity contribution is 6.42. The number of hydrogen-bond donors (Lipinski definition) is 2. The van der Waals surface area contributed by atoms with E-state index < -0.39 is 0 Å². The SMILES string of the molecule is CC(CC(=O)Nc1ccc(Cl)c(Cl)c1)=NNC(=O)C[N+](C)(C)C. The van der Waals surface area contributed by atoms with Crippen molar-refractivity contribution in [2.75, 3.05) is 33.0 Å². The maximum atomic E-state index is 11.9. The number of hydrazone groups is 1. The van der Waals surface area contributed by atoms with E-state index in [4.69, 9.17) is 23.2 Å². The largest absolute Gasteiger partial charge is 0.326 e. The molecule has 2 amide bonds. The van der Waals surface area contributed by atoms with Crippen LogP contribution >= 0.6 is 23.2 Å². The van der Waals surface area contributed by atoms with Crippen LogP contribution in [-0.4, -0.2) is 49.7 Å². The van der Waals surface area contributed by atoms with Crippen molar-refractivity contribution in [1.29, 1.82) is 0 Å². The van der Waals surface area contributed by atoms with Crippen LogP contribution in [0.25, 0.3) is 0 Å². The van der Waals surface area contributed by atoms with Crippen molar-refractivity contribution in [1.82, 2.24) is 5.43 Å². The van der Waals surface area contributed by atoms with Gasteiger partial charge in [-0.05, 0) is 25.1 Å². The molecule has 23 heavy (non-hydrogen) atoms. The highest BCUT2D eigenvalue weighted by Crippen LogP contribution is 2.24. The number of hydrogen-bond acceptors (Lipinski definition) is 3. The zero-order chi connectivity index (χ0) is 17.6. The Labute approximate surface area is 146 Å². The summed E-state index contributed by atoms with van der Waals surface area (Å²) < 4.78 is 0.498. The molecular weight excluding hydrogens is 339 g/mol. The molecule has 0 unspecified atom stereocenters. The van der Waals surface area contributed by atoms with Gasteiger partial charge < -0.3 is 9.80 Å². The number of anilines is 1. The molecule has 0 heterocycles. The Kier molecular flexibility index (Phi) is 7.00. The molecule has 0 aliphatic heterocycles. The maximum absolute atomic E-state index is 11.9. The smallest absolute Gasteiger partial charge is 0.295 e. The van der Waals surface area contributed by atoms with Crippen molar-refractivity contribution in [2.45, 2.75) is 13.3 Å². The van der Waals surface area contributed by atoms with Gasteiger partial charge in [-0.25, -0.2) is 5.43 Å². The van der Waals surface area contributed by atoms with E-state index >= 15 is 0 Å². The van der Waals surface area contributed by atoms with Crippen molar-refractivity contribution in [3.8, 4) is 0 Å². The minimum Gasteiger partial charge on any atom is -0.326 e. The molecule has 0 fully saturated rings. The zero-order valence-corrected chi connectivity index (χ0v) is 15.1. The fourth-order valence-corrected chi connectivity index (χ4v) is 1.97. The summed E-state index contributed by atoms with van der Waals surface area (Å²) in [6, 6.07) is 4.82. The second-order valence-corrected chi connectivity index (χ2v) is 7.00. The zero-order valence-electron chi connectivity index (χ0n) is 13.6. The molecule has 6 nitrogen and oxygen atoms in total. The molecule has 0 atom stereocenters. The summed E-state index contributed by atoms with van der Waals surface area (Å²) >= 11 is 11.7. The van der Waals surface area contributed by atoms with Gasteiger partial charge in [-0.15, -0.1) is 0 Å². The fraction of sp³-hybridized carbons (Fsp3) is 0.400. The summed E-state index contributed by atoms with van der Waals surface area (Å²) in [7, 11) is 5.71. The van der Waals surface area contributed by atoms with Crippen LogP contribution in [0.2, 0.25) is 10.0 Å². The van der Waals surface area contributed by atoms with Crippen LogP contribution in [0.3, 0.4) is 0 Å². The molecule has 0 saturated heterocycles. The number of amides is 2. The second kappa shape index (κ2) is 8.29. The minimum absolute atomic E-state index is 0.0604. The van der Waals surface area contributed by atoms with Gasteiger partial charge in [0.25, 0.3) is 5.91 Å². The topological polar surface area (TPSA) is 70.6 Å². The van der Waals surface area contributed by atoms with Gasteiger partial charge in [-0.2, -0.15) is 5.10 Å². The molecule has 0 spiro atoms. The van der Waals surface area contributed by atoms with E-state index in [1.165, 1.54) is 0 Å². The summed E-state index contributed by atoms with van der Waals surface area (Å²) in [5, 5.41) is 7.39. The number of benzene rings is 1. The van der Waals surface area contributed by atoms with Crippen LogP contribution in [0.15, 0.2) is 23.3 Å². The highest BCUT2D eigenvalue weighted by atomic mass is 35.5. The first-order chi connectivity index (χ1) is 10.6. The average molecular weight is 360 g/mol. The summed E-state index contributed by atoms with van der Waals surface area (Å²) in [5.74, 6) is -0.466. The molecule has 1 rings (SSSR count). The van der Waals surface area contributed by atoms with Crippen LogP contribution in [0.1, 0.15) is 13.3 Å². The normalized spacial score (nSPS) is 12.0. The Morgan fingerprint density at radius 2 is 1.78 bits per heavy atom. The van der Waals surface area contributed by atoms with E-state index in [0.717, 1.165) is 0 Å². The Bertz CT molecular complexity index is 624. The third kappa shape index (κ3) is 7.97. The molecular formula is C15H21Cl2N4O2+. The van der Waals surface area contributed by atoms with E-state index in [9.17, 15) is 9.59 Å². The van der Waals surface area contributed by atoms with Crippen molar-refractivity contribution in [2.24, 2.45) is 5.10 Å². The molecule has 0 aliphatic carbocycles. The number of rotatable bonds is 6. The molecule has 1 aromatic rings. The van der Waals surface area contributed by atoms with Gasteiger partial charge in [0.05, 0.1) is 37.6 Å². The summed E-state index contributed by atoms with van der Waals surface area (Å²) in [6.07, 6.45) is 0.0604. The van der Waals surface area contributed by atoms with E-state index in [1.807, 2.05) is 21.1 Å². The lowest BCUT2D eigenvalue weighted by Gasteiger charge is -2.22. The van der Waals surface area contributed by atoms with Gasteiger partial charge in [0, 0.05) is 11.4 Å². The number of halogens is 2. The number of carbonyl (C=O) groups is 2. The van der Waals surface area contributed by atoms with Gasteiger partial charge in [0.2, 0.25) is 5.91 Å². The monoisotopic (exact) mass is 359 g/mol. The maximum Gasteiger partial charge on any atom is 0.295 e. The summed E-state index contributed by atoms with van der Waals surface area (Å²) in [5.41, 5.74) is 3.48. The van der Waals surface area contributed by atoms with E-state index in [1.54, 1.807) is 25.1 Å².